The second-order valence-electron chi connectivity index (χ2n) is 11.7. The zero-order chi connectivity index (χ0) is 34.0. The van der Waals surface area contributed by atoms with Crippen molar-refractivity contribution in [3.8, 4) is 11.5 Å². The molecule has 2 amide bonds. The number of nitrogens with one attached hydrogen (secondary N) is 1. The van der Waals surface area contributed by atoms with Gasteiger partial charge in [0.25, 0.3) is 10.0 Å². The van der Waals surface area contributed by atoms with Crippen molar-refractivity contribution in [2.24, 2.45) is 5.92 Å². The average molecular weight is 658 g/mol. The smallest absolute Gasteiger partial charge is 0.264 e. The first-order chi connectivity index (χ1) is 22.5. The number of hydrogen-bond donors (Lipinski definition) is 1. The number of ether oxygens (including phenoxy) is 2. The minimum absolute atomic E-state index is 0.0765. The number of anilines is 1. The Morgan fingerprint density at radius 2 is 1.40 bits per heavy atom. The first-order valence-electron chi connectivity index (χ1n) is 15.5. The van der Waals surface area contributed by atoms with Crippen LogP contribution in [0.3, 0.4) is 0 Å². The zero-order valence-electron chi connectivity index (χ0n) is 27.6. The fourth-order valence-electron chi connectivity index (χ4n) is 5.09. The van der Waals surface area contributed by atoms with Gasteiger partial charge in [0.05, 0.1) is 24.8 Å². The van der Waals surface area contributed by atoms with Crippen LogP contribution in [-0.2, 0) is 32.6 Å². The van der Waals surface area contributed by atoms with Crippen LogP contribution in [0.15, 0.2) is 108 Å². The second-order valence-corrected chi connectivity index (χ2v) is 13.6. The molecule has 0 aliphatic rings. The maximum atomic E-state index is 14.6. The van der Waals surface area contributed by atoms with Crippen LogP contribution in [0.2, 0.25) is 0 Å². The van der Waals surface area contributed by atoms with Crippen molar-refractivity contribution in [2.75, 3.05) is 31.6 Å². The van der Waals surface area contributed by atoms with Gasteiger partial charge in [-0.3, -0.25) is 13.9 Å². The summed E-state index contributed by atoms with van der Waals surface area (Å²) in [7, 11) is -1.41. The Bertz CT molecular complexity index is 1730. The van der Waals surface area contributed by atoms with Crippen molar-refractivity contribution >= 4 is 27.5 Å². The lowest BCUT2D eigenvalue weighted by Gasteiger charge is -2.34. The summed E-state index contributed by atoms with van der Waals surface area (Å²) in [5.41, 5.74) is 3.04. The molecular formula is C37H43N3O6S. The van der Waals surface area contributed by atoms with Gasteiger partial charge >= 0.3 is 0 Å². The number of sulfonamides is 1. The van der Waals surface area contributed by atoms with E-state index in [0.29, 0.717) is 18.0 Å². The van der Waals surface area contributed by atoms with Gasteiger partial charge in [0, 0.05) is 25.6 Å². The zero-order valence-corrected chi connectivity index (χ0v) is 28.4. The molecule has 9 nitrogen and oxygen atoms in total. The molecular weight excluding hydrogens is 614 g/mol. The Labute approximate surface area is 278 Å². The standard InChI is InChI=1S/C37H43N3O6S/c1-27(2)24-38-37(42)33(22-29-12-8-6-9-13-29)39(25-30-18-16-28(3)17-19-30)36(41)26-40(31-14-10-7-11-15-31)47(43,44)32-20-21-34(45-4)35(23-32)46-5/h6-21,23,27,33H,22,24-26H2,1-5H3,(H,38,42)/t33-/m1/s1. The van der Waals surface area contributed by atoms with Crippen molar-refractivity contribution in [3.05, 3.63) is 120 Å². The van der Waals surface area contributed by atoms with Crippen molar-refractivity contribution < 1.29 is 27.5 Å². The number of rotatable bonds is 15. The molecule has 47 heavy (non-hydrogen) atoms. The van der Waals surface area contributed by atoms with E-state index in [0.717, 1.165) is 21.0 Å². The maximum absolute atomic E-state index is 14.6. The van der Waals surface area contributed by atoms with E-state index in [1.807, 2.05) is 75.4 Å². The largest absolute Gasteiger partial charge is 0.493 e. The molecule has 0 spiro atoms. The Balaban J connectivity index is 1.80. The summed E-state index contributed by atoms with van der Waals surface area (Å²) >= 11 is 0. The highest BCUT2D eigenvalue weighted by molar-refractivity contribution is 7.92. The lowest BCUT2D eigenvalue weighted by atomic mass is 10.0. The van der Waals surface area contributed by atoms with Crippen LogP contribution in [0.25, 0.3) is 0 Å². The topological polar surface area (TPSA) is 105 Å². The summed E-state index contributed by atoms with van der Waals surface area (Å²) < 4.78 is 40.4. The van der Waals surface area contributed by atoms with Crippen LogP contribution in [0.1, 0.15) is 30.5 Å². The molecule has 0 aliphatic heterocycles. The molecule has 4 aromatic rings. The van der Waals surface area contributed by atoms with Crippen molar-refractivity contribution in [1.29, 1.82) is 0 Å². The summed E-state index contributed by atoms with van der Waals surface area (Å²) in [5.74, 6) is -0.0400. The van der Waals surface area contributed by atoms with Crippen molar-refractivity contribution in [3.63, 3.8) is 0 Å². The predicted molar refractivity (Wildman–Crippen MR) is 184 cm³/mol. The van der Waals surface area contributed by atoms with Gasteiger partial charge in [-0.1, -0.05) is 92.2 Å². The number of para-hydroxylation sites is 1. The number of carbonyl (C=O) groups is 2. The molecule has 10 heteroatoms. The quantitative estimate of drug-likeness (QED) is 0.178. The molecule has 1 N–H and O–H groups in total. The molecule has 0 fully saturated rings. The van der Waals surface area contributed by atoms with E-state index in [-0.39, 0.29) is 35.4 Å². The fourth-order valence-corrected chi connectivity index (χ4v) is 6.52. The van der Waals surface area contributed by atoms with E-state index >= 15 is 0 Å². The molecule has 1 atom stereocenters. The van der Waals surface area contributed by atoms with E-state index in [2.05, 4.69) is 5.32 Å². The molecule has 0 unspecified atom stereocenters. The van der Waals surface area contributed by atoms with Crippen LogP contribution >= 0.6 is 0 Å². The van der Waals surface area contributed by atoms with E-state index in [1.54, 1.807) is 30.3 Å². The number of benzene rings is 4. The average Bonchev–Trinajstić information content (AvgIpc) is 3.08. The molecule has 0 aliphatic carbocycles. The van der Waals surface area contributed by atoms with Gasteiger partial charge in [0.1, 0.15) is 12.6 Å². The normalized spacial score (nSPS) is 11.9. The summed E-state index contributed by atoms with van der Waals surface area (Å²) in [6, 6.07) is 29.0. The summed E-state index contributed by atoms with van der Waals surface area (Å²) in [5, 5.41) is 3.01. The molecule has 0 saturated carbocycles. The maximum Gasteiger partial charge on any atom is 0.264 e. The van der Waals surface area contributed by atoms with E-state index in [1.165, 1.54) is 37.3 Å². The SMILES string of the molecule is COc1ccc(S(=O)(=O)N(CC(=O)N(Cc2ccc(C)cc2)[C@H](Cc2ccccc2)C(=O)NCC(C)C)c2ccccc2)cc1OC. The van der Waals surface area contributed by atoms with Crippen LogP contribution in [0, 0.1) is 12.8 Å². The van der Waals surface area contributed by atoms with Crippen LogP contribution in [-0.4, -0.2) is 58.5 Å². The van der Waals surface area contributed by atoms with Crippen molar-refractivity contribution in [2.45, 2.75) is 44.7 Å². The second kappa shape index (κ2) is 16.1. The predicted octanol–water partition coefficient (Wildman–Crippen LogP) is 5.62. The highest BCUT2D eigenvalue weighted by Crippen LogP contribution is 2.32. The van der Waals surface area contributed by atoms with E-state index < -0.39 is 28.5 Å². The molecule has 4 rings (SSSR count). The molecule has 0 saturated heterocycles. The van der Waals surface area contributed by atoms with Gasteiger partial charge in [-0.15, -0.1) is 0 Å². The Morgan fingerprint density at radius 1 is 0.787 bits per heavy atom. The van der Waals surface area contributed by atoms with Gasteiger partial charge in [-0.05, 0) is 48.2 Å². The van der Waals surface area contributed by atoms with Gasteiger partial charge < -0.3 is 19.7 Å². The molecule has 4 aromatic carbocycles. The van der Waals surface area contributed by atoms with Crippen LogP contribution in [0.4, 0.5) is 5.69 Å². The summed E-state index contributed by atoms with van der Waals surface area (Å²) in [6.45, 7) is 5.96. The minimum atomic E-state index is -4.30. The summed E-state index contributed by atoms with van der Waals surface area (Å²) in [4.78, 5) is 29.9. The molecule has 0 bridgehead atoms. The Morgan fingerprint density at radius 3 is 2.00 bits per heavy atom. The number of methoxy groups -OCH3 is 2. The van der Waals surface area contributed by atoms with Gasteiger partial charge in [-0.2, -0.15) is 0 Å². The number of amides is 2. The Hall–Kier alpha value is -4.83. The van der Waals surface area contributed by atoms with E-state index in [4.69, 9.17) is 9.47 Å². The first-order valence-corrected chi connectivity index (χ1v) is 16.9. The van der Waals surface area contributed by atoms with Crippen LogP contribution < -0.4 is 19.1 Å². The number of hydrogen-bond acceptors (Lipinski definition) is 6. The lowest BCUT2D eigenvalue weighted by Crippen LogP contribution is -2.53. The summed E-state index contributed by atoms with van der Waals surface area (Å²) in [6.07, 6.45) is 0.246. The van der Waals surface area contributed by atoms with Crippen LogP contribution in [0.5, 0.6) is 11.5 Å². The third-order valence-corrected chi connectivity index (χ3v) is 9.47. The van der Waals surface area contributed by atoms with Crippen molar-refractivity contribution in [1.82, 2.24) is 10.2 Å². The van der Waals surface area contributed by atoms with E-state index in [9.17, 15) is 18.0 Å². The third kappa shape index (κ3) is 9.13. The molecule has 0 aromatic heterocycles. The third-order valence-electron chi connectivity index (χ3n) is 7.70. The lowest BCUT2D eigenvalue weighted by molar-refractivity contribution is -0.140. The first kappa shape index (κ1) is 35.0. The fraction of sp³-hybridized carbons (Fsp3) is 0.297. The molecule has 248 valence electrons. The highest BCUT2D eigenvalue weighted by Gasteiger charge is 2.35. The minimum Gasteiger partial charge on any atom is -0.493 e. The van der Waals surface area contributed by atoms with Gasteiger partial charge in [0.2, 0.25) is 11.8 Å². The molecule has 0 radical (unpaired) electrons. The van der Waals surface area contributed by atoms with Gasteiger partial charge in [-0.25, -0.2) is 8.42 Å². The number of nitrogens with zero attached hydrogens (tertiary/aromatic N) is 2. The monoisotopic (exact) mass is 657 g/mol. The Kier molecular flexibility index (Phi) is 12.0. The van der Waals surface area contributed by atoms with Gasteiger partial charge in [0.15, 0.2) is 11.5 Å². The number of aryl methyl sites for hydroxylation is 1. The number of carbonyl (C=O) groups excluding carboxylic acids is 2. The molecule has 0 heterocycles. The highest BCUT2D eigenvalue weighted by atomic mass is 32.2.